The number of pyridine rings is 5. The van der Waals surface area contributed by atoms with E-state index in [2.05, 4.69) is 193 Å². The number of rotatable bonds is 4. The highest BCUT2D eigenvalue weighted by atomic mass is 32.2. The Bertz CT molecular complexity index is 2790. The first-order chi connectivity index (χ1) is 33.9. The van der Waals surface area contributed by atoms with E-state index in [0.29, 0.717) is 23.2 Å². The molecule has 11 nitrogen and oxygen atoms in total. The smallest absolute Gasteiger partial charge is 0.248 e. The highest BCUT2D eigenvalue weighted by Crippen LogP contribution is 2.34. The van der Waals surface area contributed by atoms with E-state index < -0.39 is 9.84 Å². The number of aromatic nitrogens is 5. The van der Waals surface area contributed by atoms with E-state index in [-0.39, 0.29) is 43.6 Å². The molecule has 0 bridgehead atoms. The van der Waals surface area contributed by atoms with E-state index in [1.54, 1.807) is 37.7 Å². The van der Waals surface area contributed by atoms with E-state index in [0.717, 1.165) is 47.7 Å². The maximum atomic E-state index is 11.1. The van der Waals surface area contributed by atoms with Gasteiger partial charge in [-0.2, -0.15) is 0 Å². The molecule has 1 atom stereocenters. The number of benzene rings is 1. The van der Waals surface area contributed by atoms with Gasteiger partial charge in [0.05, 0.1) is 24.8 Å². The Hall–Kier alpha value is -5.88. The quantitative estimate of drug-likeness (QED) is 0.155. The summed E-state index contributed by atoms with van der Waals surface area (Å²) in [5.41, 5.74) is 14.1. The van der Waals surface area contributed by atoms with E-state index in [9.17, 15) is 18.0 Å². The molecule has 1 saturated heterocycles. The number of nitrogens with zero attached hydrogens (tertiary/aromatic N) is 3. The maximum Gasteiger partial charge on any atom is 0.248 e. The average Bonchev–Trinajstić information content (AvgIpc) is 3.69. The number of nitrogen functional groups attached to an aromatic ring is 1. The Morgan fingerprint density at radius 3 is 1.54 bits per heavy atom. The number of ether oxygens (including phenoxy) is 1. The molecule has 7 rings (SSSR count). The van der Waals surface area contributed by atoms with Crippen molar-refractivity contribution in [1.29, 1.82) is 0 Å². The van der Waals surface area contributed by atoms with Gasteiger partial charge >= 0.3 is 0 Å². The minimum absolute atomic E-state index is 0.0282. The monoisotopic (exact) mass is 1030 g/mol. The summed E-state index contributed by atoms with van der Waals surface area (Å²) < 4.78 is 27.2. The number of hydrogen-bond acceptors (Lipinski definition) is 9. The van der Waals surface area contributed by atoms with Crippen LogP contribution < -0.4 is 21.6 Å². The van der Waals surface area contributed by atoms with Gasteiger partial charge in [0.2, 0.25) is 11.1 Å². The lowest BCUT2D eigenvalue weighted by atomic mass is 9.81. The molecule has 0 amide bonds. The molecule has 1 fully saturated rings. The number of aromatic amines is 2. The Morgan fingerprint density at radius 1 is 0.581 bits per heavy atom. The fourth-order valence-corrected chi connectivity index (χ4v) is 9.10. The zero-order valence-electron chi connectivity index (χ0n) is 48.5. The van der Waals surface area contributed by atoms with E-state index in [4.69, 9.17) is 15.5 Å². The third kappa shape index (κ3) is 24.9. The summed E-state index contributed by atoms with van der Waals surface area (Å²) in [6, 6.07) is 35.3. The number of anilines is 1. The van der Waals surface area contributed by atoms with Crippen molar-refractivity contribution in [3.63, 3.8) is 0 Å². The second-order valence-electron chi connectivity index (χ2n) is 25.1. The lowest BCUT2D eigenvalue weighted by molar-refractivity contribution is 0.268. The minimum atomic E-state index is -2.68. The Morgan fingerprint density at radius 2 is 1.15 bits per heavy atom. The lowest BCUT2D eigenvalue weighted by Crippen LogP contribution is -2.21. The summed E-state index contributed by atoms with van der Waals surface area (Å²) in [4.78, 5) is 40.3. The second-order valence-corrected chi connectivity index (χ2v) is 27.3. The van der Waals surface area contributed by atoms with Gasteiger partial charge < -0.3 is 20.4 Å². The van der Waals surface area contributed by atoms with Gasteiger partial charge in [-0.15, -0.1) is 0 Å². The predicted molar refractivity (Wildman–Crippen MR) is 311 cm³/mol. The fraction of sp³-hybridized carbons (Fsp3) is 0.500. The first kappa shape index (κ1) is 64.2. The van der Waals surface area contributed by atoms with Crippen molar-refractivity contribution in [3.8, 4) is 5.75 Å². The topological polar surface area (TPSA) is 174 Å². The van der Waals surface area contributed by atoms with Crippen molar-refractivity contribution in [1.82, 2.24) is 24.9 Å². The van der Waals surface area contributed by atoms with Crippen molar-refractivity contribution in [2.75, 3.05) is 24.3 Å². The van der Waals surface area contributed by atoms with Crippen LogP contribution in [0.1, 0.15) is 171 Å². The summed E-state index contributed by atoms with van der Waals surface area (Å²) in [6.07, 6.45) is 6.43. The normalized spacial score (nSPS) is 14.3. The predicted octanol–water partition coefficient (Wildman–Crippen LogP) is 13.3. The molecule has 0 saturated carbocycles. The third-order valence-electron chi connectivity index (χ3n) is 12.1. The van der Waals surface area contributed by atoms with Crippen LogP contribution >= 0.6 is 0 Å². The molecule has 1 aliphatic heterocycles. The number of aryl methyl sites for hydroxylation is 2. The van der Waals surface area contributed by atoms with Crippen LogP contribution in [0, 0.1) is 11.3 Å². The molecule has 0 radical (unpaired) electrons. The molecule has 6 aromatic rings. The third-order valence-corrected chi connectivity index (χ3v) is 13.8. The summed E-state index contributed by atoms with van der Waals surface area (Å²) in [7, 11) is -1.03. The van der Waals surface area contributed by atoms with Gasteiger partial charge in [0.1, 0.15) is 11.6 Å². The van der Waals surface area contributed by atoms with Gasteiger partial charge in [-0.3, -0.25) is 19.6 Å². The average molecular weight is 1030 g/mol. The first-order valence-corrected chi connectivity index (χ1v) is 27.6. The molecule has 0 aliphatic carbocycles. The van der Waals surface area contributed by atoms with E-state index in [1.807, 2.05) is 36.4 Å². The number of hydrogen-bond donors (Lipinski definition) is 3. The first-order valence-electron chi connectivity index (χ1n) is 25.7. The largest absolute Gasteiger partial charge is 0.495 e. The summed E-state index contributed by atoms with van der Waals surface area (Å²) >= 11 is 0. The van der Waals surface area contributed by atoms with Crippen LogP contribution in [0.3, 0.4) is 0 Å². The molecule has 74 heavy (non-hydrogen) atoms. The molecule has 1 aromatic carbocycles. The van der Waals surface area contributed by atoms with Crippen LogP contribution in [0.25, 0.3) is 0 Å². The highest BCUT2D eigenvalue weighted by molar-refractivity contribution is 7.91. The summed E-state index contributed by atoms with van der Waals surface area (Å²) in [5.74, 6) is 2.57. The van der Waals surface area contributed by atoms with Crippen LogP contribution in [0.15, 0.2) is 131 Å². The summed E-state index contributed by atoms with van der Waals surface area (Å²) in [6.45, 7) is 38.3. The molecule has 1 aliphatic rings. The zero-order chi connectivity index (χ0) is 56.3. The van der Waals surface area contributed by atoms with Crippen molar-refractivity contribution in [2.24, 2.45) is 11.3 Å². The standard InChI is InChI=1S/C17H21N.C10H15NO.C9H14N2.2C9H13NO.C8H16O2S/c1-17(2,3)16-11-7-10-15(18-16)13-12-14-8-5-4-6-9-14;1-10(2,3)9-6-5-8(12-4)7-11-9;1-9(2,3)7-5-4-6-8(10)11-7;1-9(2,3)7-4-5-8(11)10-6-7;1-9(2,3)7-5-4-6-8(11)10-7;1-8(2,3)7-4-5-11(9,10)6-7/h4-11H,12-13H2,1-3H3;5-7H,1-4H3;4-6H,1-3H3,(H2,10,11);2*4-6H,1-3H3,(H,10,11);7H,4-6H2,1-3H3. The minimum Gasteiger partial charge on any atom is -0.495 e. The maximum absolute atomic E-state index is 11.1. The highest BCUT2D eigenvalue weighted by Gasteiger charge is 2.35. The number of sulfone groups is 1. The Balaban J connectivity index is 0.000000308. The van der Waals surface area contributed by atoms with Gasteiger partial charge in [-0.1, -0.05) is 179 Å². The van der Waals surface area contributed by atoms with Gasteiger partial charge in [-0.25, -0.2) is 13.4 Å². The van der Waals surface area contributed by atoms with Crippen LogP contribution in [0.2, 0.25) is 0 Å². The van der Waals surface area contributed by atoms with Crippen LogP contribution in [-0.4, -0.2) is 52.0 Å². The van der Waals surface area contributed by atoms with Gasteiger partial charge in [0, 0.05) is 68.5 Å². The van der Waals surface area contributed by atoms with Crippen LogP contribution in [-0.2, 0) is 49.8 Å². The number of nitrogens with two attached hydrogens (primary N) is 1. The van der Waals surface area contributed by atoms with E-state index >= 15 is 0 Å². The number of H-pyrrole nitrogens is 2. The van der Waals surface area contributed by atoms with Gasteiger partial charge in [-0.05, 0) is 89.6 Å². The summed E-state index contributed by atoms with van der Waals surface area (Å²) in [5, 5.41) is 0. The molecule has 1 unspecified atom stereocenters. The van der Waals surface area contributed by atoms with Crippen molar-refractivity contribution >= 4 is 15.7 Å². The van der Waals surface area contributed by atoms with E-state index in [1.165, 1.54) is 23.0 Å². The SMILES string of the molecule is CC(C)(C)C1CCS(=O)(=O)C1.CC(C)(C)c1ccc(=O)[nH]c1.CC(C)(C)c1cccc(=O)[nH]1.CC(C)(C)c1cccc(CCc2ccccc2)n1.CC(C)(C)c1cccc(N)n1.COc1ccc(C(C)(C)C)nc1. The van der Waals surface area contributed by atoms with Crippen LogP contribution in [0.4, 0.5) is 5.82 Å². The van der Waals surface area contributed by atoms with Crippen molar-refractivity contribution in [3.05, 3.63) is 182 Å². The molecular formula is C62H92N6O5S. The fourth-order valence-electron chi connectivity index (χ4n) is 7.01. The molecule has 12 heteroatoms. The van der Waals surface area contributed by atoms with Crippen LogP contribution in [0.5, 0.6) is 5.75 Å². The van der Waals surface area contributed by atoms with Crippen molar-refractivity contribution in [2.45, 2.75) is 171 Å². The van der Waals surface area contributed by atoms with Gasteiger partial charge in [0.25, 0.3) is 0 Å². The Kier molecular flexibility index (Phi) is 24.0. The molecule has 4 N–H and O–H groups in total. The lowest BCUT2D eigenvalue weighted by Gasteiger charge is -2.25. The van der Waals surface area contributed by atoms with Gasteiger partial charge in [0.15, 0.2) is 9.84 Å². The van der Waals surface area contributed by atoms with Crippen molar-refractivity contribution < 1.29 is 13.2 Å². The molecular weight excluding hydrogens is 941 g/mol. The second kappa shape index (κ2) is 27.6. The molecule has 406 valence electrons. The molecule has 5 aromatic heterocycles. The Labute approximate surface area is 446 Å². The molecule has 0 spiro atoms. The molecule has 6 heterocycles. The number of nitrogens with one attached hydrogen (secondary N) is 2. The zero-order valence-corrected chi connectivity index (χ0v) is 49.3. The number of methoxy groups -OCH3 is 1.